The number of sulfonamides is 1. The first kappa shape index (κ1) is 28.9. The Morgan fingerprint density at radius 1 is 1.09 bits per heavy atom. The normalized spacial score (nSPS) is 12.2. The van der Waals surface area contributed by atoms with Crippen LogP contribution < -0.4 is 9.62 Å². The van der Waals surface area contributed by atoms with Crippen molar-refractivity contribution in [1.82, 2.24) is 10.2 Å². The van der Waals surface area contributed by atoms with Crippen LogP contribution in [-0.2, 0) is 26.2 Å². The Balaban J connectivity index is 2.18. The van der Waals surface area contributed by atoms with E-state index in [0.29, 0.717) is 28.7 Å². The summed E-state index contributed by atoms with van der Waals surface area (Å²) in [4.78, 5) is 27.4. The highest BCUT2D eigenvalue weighted by atomic mass is 35.5. The van der Waals surface area contributed by atoms with Gasteiger partial charge in [0.2, 0.25) is 21.8 Å². The van der Waals surface area contributed by atoms with Crippen molar-refractivity contribution in [2.45, 2.75) is 52.6 Å². The molecular formula is C25H33Cl2N3O4S. The third kappa shape index (κ3) is 8.70. The van der Waals surface area contributed by atoms with Gasteiger partial charge >= 0.3 is 0 Å². The van der Waals surface area contributed by atoms with Crippen LogP contribution in [0.25, 0.3) is 0 Å². The van der Waals surface area contributed by atoms with E-state index in [-0.39, 0.29) is 31.3 Å². The Morgan fingerprint density at radius 3 is 2.40 bits per heavy atom. The Labute approximate surface area is 218 Å². The van der Waals surface area contributed by atoms with Gasteiger partial charge in [-0.3, -0.25) is 13.9 Å². The van der Waals surface area contributed by atoms with E-state index >= 15 is 0 Å². The molecule has 0 saturated carbocycles. The van der Waals surface area contributed by atoms with Gasteiger partial charge in [-0.05, 0) is 62.1 Å². The summed E-state index contributed by atoms with van der Waals surface area (Å²) < 4.78 is 26.1. The molecule has 1 N–H and O–H groups in total. The van der Waals surface area contributed by atoms with E-state index in [1.54, 1.807) is 43.3 Å². The maximum Gasteiger partial charge on any atom is 0.242 e. The fraction of sp³-hybridized carbons (Fsp3) is 0.440. The van der Waals surface area contributed by atoms with Crippen molar-refractivity contribution in [2.75, 3.05) is 23.7 Å². The molecule has 2 aromatic rings. The minimum absolute atomic E-state index is 0.0740. The molecule has 0 fully saturated rings. The van der Waals surface area contributed by atoms with Gasteiger partial charge in [-0.2, -0.15) is 0 Å². The van der Waals surface area contributed by atoms with Gasteiger partial charge in [-0.1, -0.05) is 48.3 Å². The van der Waals surface area contributed by atoms with Crippen LogP contribution in [0.5, 0.6) is 0 Å². The molecule has 10 heteroatoms. The zero-order chi connectivity index (χ0) is 26.2. The molecule has 0 aliphatic rings. The predicted octanol–water partition coefficient (Wildman–Crippen LogP) is 4.79. The first-order chi connectivity index (χ1) is 16.4. The second-order valence-corrected chi connectivity index (χ2v) is 11.2. The average molecular weight is 543 g/mol. The average Bonchev–Trinajstić information content (AvgIpc) is 2.79. The van der Waals surface area contributed by atoms with Crippen LogP contribution in [0, 0.1) is 6.92 Å². The van der Waals surface area contributed by atoms with E-state index in [0.717, 1.165) is 23.8 Å². The first-order valence-electron chi connectivity index (χ1n) is 11.5. The Hall–Kier alpha value is -2.29. The summed E-state index contributed by atoms with van der Waals surface area (Å²) in [5, 5.41) is 3.59. The first-order valence-corrected chi connectivity index (χ1v) is 14.1. The summed E-state index contributed by atoms with van der Waals surface area (Å²) in [6.45, 7) is 6.34. The molecule has 0 aromatic heterocycles. The molecule has 192 valence electrons. The van der Waals surface area contributed by atoms with E-state index in [9.17, 15) is 18.0 Å². The van der Waals surface area contributed by atoms with Gasteiger partial charge < -0.3 is 10.2 Å². The number of benzene rings is 2. The standard InChI is InChI=1S/C25H33Cl2N3O4S/c1-5-13-28-25(32)19(3)29(17-20-11-12-22(26)23(27)16-20)24(31)10-7-14-30(35(4,33)34)21-9-6-8-18(2)15-21/h6,8-9,11-12,15-16,19H,5,7,10,13-14,17H2,1-4H3,(H,28,32). The highest BCUT2D eigenvalue weighted by Gasteiger charge is 2.26. The zero-order valence-electron chi connectivity index (χ0n) is 20.6. The van der Waals surface area contributed by atoms with Crippen LogP contribution >= 0.6 is 23.2 Å². The smallest absolute Gasteiger partial charge is 0.242 e. The maximum atomic E-state index is 13.3. The number of carbonyl (C=O) groups is 2. The number of aryl methyl sites for hydroxylation is 1. The third-order valence-electron chi connectivity index (χ3n) is 5.50. The molecule has 0 aliphatic carbocycles. The minimum atomic E-state index is -3.53. The van der Waals surface area contributed by atoms with Crippen molar-refractivity contribution < 1.29 is 18.0 Å². The molecule has 7 nitrogen and oxygen atoms in total. The molecule has 1 atom stereocenters. The van der Waals surface area contributed by atoms with Gasteiger partial charge in [0.25, 0.3) is 0 Å². The van der Waals surface area contributed by atoms with Crippen LogP contribution in [0.2, 0.25) is 10.0 Å². The number of hydrogen-bond donors (Lipinski definition) is 1. The summed E-state index contributed by atoms with van der Waals surface area (Å²) in [6, 6.07) is 11.6. The van der Waals surface area contributed by atoms with Gasteiger partial charge in [0.15, 0.2) is 0 Å². The summed E-state index contributed by atoms with van der Waals surface area (Å²) in [5.41, 5.74) is 2.23. The van der Waals surface area contributed by atoms with Crippen LogP contribution in [0.1, 0.15) is 44.2 Å². The van der Waals surface area contributed by atoms with Crippen molar-refractivity contribution >= 4 is 50.7 Å². The highest BCUT2D eigenvalue weighted by molar-refractivity contribution is 7.92. The molecule has 35 heavy (non-hydrogen) atoms. The van der Waals surface area contributed by atoms with Gasteiger partial charge in [0, 0.05) is 26.1 Å². The molecule has 0 radical (unpaired) electrons. The molecule has 2 aromatic carbocycles. The predicted molar refractivity (Wildman–Crippen MR) is 142 cm³/mol. The number of rotatable bonds is 12. The van der Waals surface area contributed by atoms with Crippen LogP contribution in [0.3, 0.4) is 0 Å². The number of nitrogens with zero attached hydrogens (tertiary/aromatic N) is 2. The maximum absolute atomic E-state index is 13.3. The summed E-state index contributed by atoms with van der Waals surface area (Å²) >= 11 is 12.2. The lowest BCUT2D eigenvalue weighted by atomic mass is 10.1. The van der Waals surface area contributed by atoms with Crippen LogP contribution in [0.15, 0.2) is 42.5 Å². The third-order valence-corrected chi connectivity index (χ3v) is 7.43. The van der Waals surface area contributed by atoms with Crippen molar-refractivity contribution in [3.8, 4) is 0 Å². The Morgan fingerprint density at radius 2 is 1.80 bits per heavy atom. The fourth-order valence-electron chi connectivity index (χ4n) is 3.60. The van der Waals surface area contributed by atoms with Crippen molar-refractivity contribution in [2.24, 2.45) is 0 Å². The Bertz CT molecular complexity index is 1140. The van der Waals surface area contributed by atoms with Crippen molar-refractivity contribution in [1.29, 1.82) is 0 Å². The highest BCUT2D eigenvalue weighted by Crippen LogP contribution is 2.24. The molecular weight excluding hydrogens is 509 g/mol. The zero-order valence-corrected chi connectivity index (χ0v) is 22.9. The number of carbonyl (C=O) groups excluding carboxylic acids is 2. The van der Waals surface area contributed by atoms with E-state index in [4.69, 9.17) is 23.2 Å². The van der Waals surface area contributed by atoms with E-state index in [1.165, 1.54) is 9.21 Å². The van der Waals surface area contributed by atoms with E-state index in [1.807, 2.05) is 19.9 Å². The number of anilines is 1. The molecule has 2 rings (SSSR count). The van der Waals surface area contributed by atoms with Gasteiger partial charge in [-0.15, -0.1) is 0 Å². The lowest BCUT2D eigenvalue weighted by Crippen LogP contribution is -2.47. The van der Waals surface area contributed by atoms with Crippen LogP contribution in [-0.4, -0.2) is 50.5 Å². The lowest BCUT2D eigenvalue weighted by Gasteiger charge is -2.29. The molecule has 0 heterocycles. The molecule has 0 bridgehead atoms. The fourth-order valence-corrected chi connectivity index (χ4v) is 4.88. The summed E-state index contributed by atoms with van der Waals surface area (Å²) in [6.07, 6.45) is 2.29. The Kier molecular flexibility index (Phi) is 10.9. The summed E-state index contributed by atoms with van der Waals surface area (Å²) in [5.74, 6) is -0.509. The summed E-state index contributed by atoms with van der Waals surface area (Å²) in [7, 11) is -3.53. The van der Waals surface area contributed by atoms with Gasteiger partial charge in [0.1, 0.15) is 6.04 Å². The number of halogens is 2. The number of hydrogen-bond acceptors (Lipinski definition) is 4. The molecule has 2 amide bonds. The van der Waals surface area contributed by atoms with Gasteiger partial charge in [0.05, 0.1) is 22.0 Å². The van der Waals surface area contributed by atoms with Crippen molar-refractivity contribution in [3.05, 3.63) is 63.6 Å². The van der Waals surface area contributed by atoms with Crippen molar-refractivity contribution in [3.63, 3.8) is 0 Å². The van der Waals surface area contributed by atoms with E-state index in [2.05, 4.69) is 5.32 Å². The molecule has 0 saturated heterocycles. The monoisotopic (exact) mass is 541 g/mol. The second kappa shape index (κ2) is 13.1. The largest absolute Gasteiger partial charge is 0.354 e. The minimum Gasteiger partial charge on any atom is -0.354 e. The lowest BCUT2D eigenvalue weighted by molar-refractivity contribution is -0.140. The number of amides is 2. The molecule has 0 spiro atoms. The molecule has 0 aliphatic heterocycles. The van der Waals surface area contributed by atoms with Gasteiger partial charge in [-0.25, -0.2) is 8.42 Å². The van der Waals surface area contributed by atoms with E-state index < -0.39 is 16.1 Å². The molecule has 1 unspecified atom stereocenters. The second-order valence-electron chi connectivity index (χ2n) is 8.51. The van der Waals surface area contributed by atoms with Crippen LogP contribution in [0.4, 0.5) is 5.69 Å². The quantitative estimate of drug-likeness (QED) is 0.418. The SMILES string of the molecule is CCCNC(=O)C(C)N(Cc1ccc(Cl)c(Cl)c1)C(=O)CCCN(c1cccc(C)c1)S(C)(=O)=O. The number of nitrogens with one attached hydrogen (secondary N) is 1. The topological polar surface area (TPSA) is 86.8 Å².